The van der Waals surface area contributed by atoms with Crippen molar-refractivity contribution in [3.8, 4) is 0 Å². The number of rotatable bonds is 9. The first-order chi connectivity index (χ1) is 12.0. The maximum absolute atomic E-state index is 4.97. The standard InChI is InChI=1S/C23H32N2/c1-18(2)10-11-23(25-14-12-20-8-6-5-7-9-20)21-13-15-24-22(17-21)16-19(3)4/h5-9,13,15,17-19H,10-12,14,16H2,1-4H3. The minimum absolute atomic E-state index is 0.622. The lowest BCUT2D eigenvalue weighted by molar-refractivity contribution is 0.603. The van der Waals surface area contributed by atoms with Crippen LogP contribution in [0.15, 0.2) is 53.7 Å². The summed E-state index contributed by atoms with van der Waals surface area (Å²) in [5, 5.41) is 0. The summed E-state index contributed by atoms with van der Waals surface area (Å²) < 4.78 is 0. The fourth-order valence-corrected chi connectivity index (χ4v) is 2.89. The Morgan fingerprint density at radius 1 is 1.00 bits per heavy atom. The van der Waals surface area contributed by atoms with E-state index in [1.54, 1.807) is 0 Å². The molecule has 2 heteroatoms. The van der Waals surface area contributed by atoms with Gasteiger partial charge in [-0.1, -0.05) is 58.0 Å². The van der Waals surface area contributed by atoms with E-state index in [1.807, 2.05) is 6.20 Å². The van der Waals surface area contributed by atoms with E-state index in [2.05, 4.69) is 75.1 Å². The SMILES string of the molecule is CC(C)CCC(=NCCc1ccccc1)c1ccnc(CC(C)C)c1. The summed E-state index contributed by atoms with van der Waals surface area (Å²) >= 11 is 0. The van der Waals surface area contributed by atoms with Crippen molar-refractivity contribution >= 4 is 5.71 Å². The molecule has 0 spiro atoms. The van der Waals surface area contributed by atoms with Crippen LogP contribution in [0.25, 0.3) is 0 Å². The Morgan fingerprint density at radius 3 is 2.44 bits per heavy atom. The van der Waals surface area contributed by atoms with Crippen molar-refractivity contribution in [1.29, 1.82) is 0 Å². The maximum atomic E-state index is 4.97. The Kier molecular flexibility index (Phi) is 7.84. The summed E-state index contributed by atoms with van der Waals surface area (Å²) in [6, 6.07) is 15.0. The lowest BCUT2D eigenvalue weighted by atomic mass is 9.99. The van der Waals surface area contributed by atoms with E-state index < -0.39 is 0 Å². The number of pyridine rings is 1. The van der Waals surface area contributed by atoms with Gasteiger partial charge in [-0.3, -0.25) is 9.98 Å². The first-order valence-corrected chi connectivity index (χ1v) is 9.57. The lowest BCUT2D eigenvalue weighted by Gasteiger charge is -2.11. The molecule has 0 radical (unpaired) electrons. The largest absolute Gasteiger partial charge is 0.289 e. The highest BCUT2D eigenvalue weighted by molar-refractivity contribution is 6.00. The molecule has 0 amide bonds. The molecule has 2 aromatic rings. The van der Waals surface area contributed by atoms with Gasteiger partial charge in [-0.05, 0) is 60.8 Å². The molecule has 0 unspecified atom stereocenters. The quantitative estimate of drug-likeness (QED) is 0.535. The van der Waals surface area contributed by atoms with Gasteiger partial charge in [0, 0.05) is 24.1 Å². The van der Waals surface area contributed by atoms with Crippen molar-refractivity contribution < 1.29 is 0 Å². The highest BCUT2D eigenvalue weighted by Crippen LogP contribution is 2.14. The van der Waals surface area contributed by atoms with Crippen LogP contribution >= 0.6 is 0 Å². The molecular weight excluding hydrogens is 304 g/mol. The molecule has 0 saturated heterocycles. The maximum Gasteiger partial charge on any atom is 0.0433 e. The lowest BCUT2D eigenvalue weighted by Crippen LogP contribution is -2.07. The minimum atomic E-state index is 0.622. The topological polar surface area (TPSA) is 25.2 Å². The third kappa shape index (κ3) is 7.21. The third-order valence-corrected chi connectivity index (χ3v) is 4.27. The van der Waals surface area contributed by atoms with Crippen LogP contribution in [0.2, 0.25) is 0 Å². The number of aromatic nitrogens is 1. The van der Waals surface area contributed by atoms with Gasteiger partial charge in [0.25, 0.3) is 0 Å². The van der Waals surface area contributed by atoms with Crippen molar-refractivity contribution in [3.05, 3.63) is 65.5 Å². The molecule has 0 fully saturated rings. The van der Waals surface area contributed by atoms with Crippen molar-refractivity contribution in [2.24, 2.45) is 16.8 Å². The zero-order valence-electron chi connectivity index (χ0n) is 16.2. The van der Waals surface area contributed by atoms with Crippen molar-refractivity contribution in [2.75, 3.05) is 6.54 Å². The summed E-state index contributed by atoms with van der Waals surface area (Å²) in [5.41, 5.74) is 5.01. The summed E-state index contributed by atoms with van der Waals surface area (Å²) in [7, 11) is 0. The molecule has 1 aromatic heterocycles. The number of nitrogens with zero attached hydrogens (tertiary/aromatic N) is 2. The van der Waals surface area contributed by atoms with Crippen LogP contribution in [0.1, 0.15) is 57.4 Å². The number of aliphatic imine (C=N–C) groups is 1. The van der Waals surface area contributed by atoms with Gasteiger partial charge in [0.15, 0.2) is 0 Å². The van der Waals surface area contributed by atoms with Crippen LogP contribution in [0.5, 0.6) is 0 Å². The number of hydrogen-bond acceptors (Lipinski definition) is 2. The molecule has 1 heterocycles. The molecule has 0 atom stereocenters. The van der Waals surface area contributed by atoms with Gasteiger partial charge in [-0.15, -0.1) is 0 Å². The Labute approximate surface area is 153 Å². The predicted octanol–water partition coefficient (Wildman–Crippen LogP) is 5.75. The molecular formula is C23H32N2. The van der Waals surface area contributed by atoms with E-state index in [-0.39, 0.29) is 0 Å². The predicted molar refractivity (Wildman–Crippen MR) is 108 cm³/mol. The van der Waals surface area contributed by atoms with E-state index >= 15 is 0 Å². The smallest absolute Gasteiger partial charge is 0.0433 e. The average molecular weight is 337 g/mol. The third-order valence-electron chi connectivity index (χ3n) is 4.27. The monoisotopic (exact) mass is 336 g/mol. The zero-order chi connectivity index (χ0) is 18.1. The van der Waals surface area contributed by atoms with Gasteiger partial charge in [-0.2, -0.15) is 0 Å². The summed E-state index contributed by atoms with van der Waals surface area (Å²) in [5.74, 6) is 1.31. The van der Waals surface area contributed by atoms with Crippen LogP contribution < -0.4 is 0 Å². The molecule has 0 N–H and O–H groups in total. The van der Waals surface area contributed by atoms with Crippen molar-refractivity contribution in [2.45, 2.75) is 53.4 Å². The first-order valence-electron chi connectivity index (χ1n) is 9.57. The van der Waals surface area contributed by atoms with Crippen LogP contribution in [0.4, 0.5) is 0 Å². The van der Waals surface area contributed by atoms with E-state index in [1.165, 1.54) is 29.0 Å². The van der Waals surface area contributed by atoms with E-state index in [4.69, 9.17) is 4.99 Å². The van der Waals surface area contributed by atoms with Gasteiger partial charge in [0.05, 0.1) is 0 Å². The van der Waals surface area contributed by atoms with Crippen molar-refractivity contribution in [3.63, 3.8) is 0 Å². The molecule has 134 valence electrons. The normalized spacial score (nSPS) is 12.2. The summed E-state index contributed by atoms with van der Waals surface area (Å²) in [6.07, 6.45) is 6.17. The molecule has 25 heavy (non-hydrogen) atoms. The zero-order valence-corrected chi connectivity index (χ0v) is 16.2. The van der Waals surface area contributed by atoms with Crippen LogP contribution in [0.3, 0.4) is 0 Å². The second-order valence-corrected chi connectivity index (χ2v) is 7.63. The van der Waals surface area contributed by atoms with Gasteiger partial charge in [0.2, 0.25) is 0 Å². The van der Waals surface area contributed by atoms with Crippen LogP contribution in [-0.2, 0) is 12.8 Å². The molecule has 0 aliphatic carbocycles. The Morgan fingerprint density at radius 2 is 1.76 bits per heavy atom. The molecule has 0 bridgehead atoms. The van der Waals surface area contributed by atoms with E-state index in [9.17, 15) is 0 Å². The Balaban J connectivity index is 2.12. The molecule has 2 nitrogen and oxygen atoms in total. The van der Waals surface area contributed by atoms with Crippen LogP contribution in [0, 0.1) is 11.8 Å². The van der Waals surface area contributed by atoms with Gasteiger partial charge >= 0.3 is 0 Å². The second-order valence-electron chi connectivity index (χ2n) is 7.63. The molecule has 1 aromatic carbocycles. The average Bonchev–Trinajstić information content (AvgIpc) is 2.58. The molecule has 0 saturated carbocycles. The van der Waals surface area contributed by atoms with Crippen LogP contribution in [-0.4, -0.2) is 17.2 Å². The van der Waals surface area contributed by atoms with Gasteiger partial charge in [0.1, 0.15) is 0 Å². The first kappa shape index (κ1) is 19.4. The summed E-state index contributed by atoms with van der Waals surface area (Å²) in [6.45, 7) is 9.87. The molecule has 2 rings (SSSR count). The van der Waals surface area contributed by atoms with E-state index in [0.717, 1.165) is 25.8 Å². The van der Waals surface area contributed by atoms with Gasteiger partial charge in [-0.25, -0.2) is 0 Å². The Hall–Kier alpha value is -1.96. The second kappa shape index (κ2) is 10.1. The highest BCUT2D eigenvalue weighted by Gasteiger charge is 2.08. The van der Waals surface area contributed by atoms with Gasteiger partial charge < -0.3 is 0 Å². The fourth-order valence-electron chi connectivity index (χ4n) is 2.89. The molecule has 0 aliphatic rings. The number of benzene rings is 1. The molecule has 0 aliphatic heterocycles. The van der Waals surface area contributed by atoms with Crippen molar-refractivity contribution in [1.82, 2.24) is 4.98 Å². The summed E-state index contributed by atoms with van der Waals surface area (Å²) in [4.78, 5) is 9.50. The minimum Gasteiger partial charge on any atom is -0.289 e. The fraction of sp³-hybridized carbons (Fsp3) is 0.478. The Bertz CT molecular complexity index is 657. The number of hydrogen-bond donors (Lipinski definition) is 0. The van der Waals surface area contributed by atoms with E-state index in [0.29, 0.717) is 11.8 Å². The highest BCUT2D eigenvalue weighted by atomic mass is 14.7.